The van der Waals surface area contributed by atoms with Gasteiger partial charge in [0.1, 0.15) is 5.82 Å². The molecule has 1 rings (SSSR count). The lowest BCUT2D eigenvalue weighted by atomic mass is 10.1. The molecule has 0 spiro atoms. The molecule has 0 aliphatic rings. The number of halogens is 1. The number of carbonyl (C=O) groups excluding carboxylic acids is 2. The summed E-state index contributed by atoms with van der Waals surface area (Å²) in [4.78, 5) is 24.8. The van der Waals surface area contributed by atoms with Crippen molar-refractivity contribution in [2.45, 2.75) is 40.2 Å². The highest BCUT2D eigenvalue weighted by Crippen LogP contribution is 2.13. The quantitative estimate of drug-likeness (QED) is 0.728. The number of hydrogen-bond donors (Lipinski definition) is 3. The first-order chi connectivity index (χ1) is 10.6. The van der Waals surface area contributed by atoms with Crippen LogP contribution in [0.4, 0.5) is 10.1 Å². The van der Waals surface area contributed by atoms with E-state index in [2.05, 4.69) is 10.6 Å². The molecule has 0 radical (unpaired) electrons. The minimum Gasteiger partial charge on any atom is -0.347 e. The molecule has 6 heteroatoms. The molecule has 0 aromatic heterocycles. The van der Waals surface area contributed by atoms with Gasteiger partial charge in [0.15, 0.2) is 13.1 Å². The molecule has 23 heavy (non-hydrogen) atoms. The number of aryl methyl sites for hydroxylation is 1. The van der Waals surface area contributed by atoms with Gasteiger partial charge in [0, 0.05) is 11.2 Å². The van der Waals surface area contributed by atoms with Crippen LogP contribution in [0, 0.1) is 12.7 Å². The van der Waals surface area contributed by atoms with Crippen LogP contribution in [0.5, 0.6) is 0 Å². The third-order valence-electron chi connectivity index (χ3n) is 3.29. The number of rotatable bonds is 6. The van der Waals surface area contributed by atoms with E-state index >= 15 is 0 Å². The van der Waals surface area contributed by atoms with Gasteiger partial charge < -0.3 is 15.5 Å². The van der Waals surface area contributed by atoms with E-state index in [1.165, 1.54) is 6.07 Å². The van der Waals surface area contributed by atoms with E-state index in [0.29, 0.717) is 17.8 Å². The van der Waals surface area contributed by atoms with Crippen molar-refractivity contribution < 1.29 is 18.9 Å². The first kappa shape index (κ1) is 19.1. The summed E-state index contributed by atoms with van der Waals surface area (Å²) < 4.78 is 13.5. The Morgan fingerprint density at radius 3 is 2.30 bits per heavy atom. The van der Waals surface area contributed by atoms with Crippen LogP contribution in [0.25, 0.3) is 0 Å². The molecule has 2 amide bonds. The van der Waals surface area contributed by atoms with E-state index < -0.39 is 0 Å². The minimum atomic E-state index is -0.355. The number of benzene rings is 1. The fourth-order valence-corrected chi connectivity index (χ4v) is 2.10. The van der Waals surface area contributed by atoms with E-state index in [0.717, 1.165) is 4.90 Å². The molecular weight excluding hydrogens is 297 g/mol. The topological polar surface area (TPSA) is 62.6 Å². The Balaban J connectivity index is 2.56. The molecule has 5 nitrogen and oxygen atoms in total. The Bertz CT molecular complexity index is 567. The SMILES string of the molecule is CC[NH+](CC(=O)Nc1ccc(C)c(F)c1)CC(=O)NC(C)(C)C. The molecule has 1 unspecified atom stereocenters. The summed E-state index contributed by atoms with van der Waals surface area (Å²) in [5, 5.41) is 5.54. The van der Waals surface area contributed by atoms with E-state index in [1.807, 2.05) is 27.7 Å². The Hall–Kier alpha value is -1.95. The second-order valence-corrected chi connectivity index (χ2v) is 6.77. The van der Waals surface area contributed by atoms with Crippen molar-refractivity contribution in [3.8, 4) is 0 Å². The molecule has 0 bridgehead atoms. The molecule has 1 aromatic carbocycles. The van der Waals surface area contributed by atoms with E-state index in [-0.39, 0.29) is 36.3 Å². The minimum absolute atomic E-state index is 0.0940. The summed E-state index contributed by atoms with van der Waals surface area (Å²) in [6.45, 7) is 10.3. The Kier molecular flexibility index (Phi) is 6.69. The van der Waals surface area contributed by atoms with Gasteiger partial charge in [-0.1, -0.05) is 6.07 Å². The van der Waals surface area contributed by atoms with Crippen LogP contribution >= 0.6 is 0 Å². The number of anilines is 1. The smallest absolute Gasteiger partial charge is 0.279 e. The highest BCUT2D eigenvalue weighted by atomic mass is 19.1. The maximum atomic E-state index is 13.5. The summed E-state index contributed by atoms with van der Waals surface area (Å²) in [6, 6.07) is 4.57. The van der Waals surface area contributed by atoms with Crippen LogP contribution in [0.2, 0.25) is 0 Å². The van der Waals surface area contributed by atoms with Gasteiger partial charge in [-0.25, -0.2) is 4.39 Å². The fraction of sp³-hybridized carbons (Fsp3) is 0.529. The highest BCUT2D eigenvalue weighted by molar-refractivity contribution is 5.91. The van der Waals surface area contributed by atoms with E-state index in [4.69, 9.17) is 0 Å². The number of quaternary nitrogens is 1. The second kappa shape index (κ2) is 8.06. The van der Waals surface area contributed by atoms with E-state index in [1.54, 1.807) is 19.1 Å². The van der Waals surface area contributed by atoms with Crippen molar-refractivity contribution in [1.82, 2.24) is 5.32 Å². The molecule has 128 valence electrons. The summed E-state index contributed by atoms with van der Waals surface area (Å²) >= 11 is 0. The van der Waals surface area contributed by atoms with Gasteiger partial charge in [0.2, 0.25) is 0 Å². The fourth-order valence-electron chi connectivity index (χ4n) is 2.10. The number of carbonyl (C=O) groups is 2. The van der Waals surface area contributed by atoms with Gasteiger partial charge in [-0.15, -0.1) is 0 Å². The lowest BCUT2D eigenvalue weighted by Crippen LogP contribution is -3.14. The molecule has 0 fully saturated rings. The zero-order chi connectivity index (χ0) is 17.6. The van der Waals surface area contributed by atoms with Crippen LogP contribution in [0.1, 0.15) is 33.3 Å². The van der Waals surface area contributed by atoms with Gasteiger partial charge in [-0.3, -0.25) is 9.59 Å². The second-order valence-electron chi connectivity index (χ2n) is 6.77. The number of nitrogens with one attached hydrogen (secondary N) is 3. The molecule has 0 aliphatic heterocycles. The third kappa shape index (κ3) is 7.23. The summed E-state index contributed by atoms with van der Waals surface area (Å²) in [7, 11) is 0. The van der Waals surface area contributed by atoms with Crippen LogP contribution < -0.4 is 15.5 Å². The van der Waals surface area contributed by atoms with Crippen LogP contribution in [0.3, 0.4) is 0 Å². The van der Waals surface area contributed by atoms with Crippen LogP contribution in [-0.2, 0) is 9.59 Å². The van der Waals surface area contributed by atoms with Gasteiger partial charge in [0.05, 0.1) is 6.54 Å². The average molecular weight is 324 g/mol. The zero-order valence-electron chi connectivity index (χ0n) is 14.5. The lowest BCUT2D eigenvalue weighted by Gasteiger charge is -2.23. The molecule has 1 atom stereocenters. The molecule has 0 heterocycles. The largest absolute Gasteiger partial charge is 0.347 e. The van der Waals surface area contributed by atoms with Crippen LogP contribution in [-0.4, -0.2) is 37.0 Å². The maximum Gasteiger partial charge on any atom is 0.279 e. The van der Waals surface area contributed by atoms with Crippen molar-refractivity contribution in [2.75, 3.05) is 25.0 Å². The Morgan fingerprint density at radius 2 is 1.78 bits per heavy atom. The van der Waals surface area contributed by atoms with Crippen molar-refractivity contribution in [3.05, 3.63) is 29.6 Å². The van der Waals surface area contributed by atoms with Gasteiger partial charge in [-0.05, 0) is 52.3 Å². The predicted octanol–water partition coefficient (Wildman–Crippen LogP) is 0.892. The average Bonchev–Trinajstić information content (AvgIpc) is 2.40. The standard InChI is InChI=1S/C17H26FN3O2/c1-6-21(11-16(23)20-17(3,4)5)10-15(22)19-13-8-7-12(2)14(18)9-13/h7-9H,6,10-11H2,1-5H3,(H,19,22)(H,20,23)/p+1. The van der Waals surface area contributed by atoms with E-state index in [9.17, 15) is 14.0 Å². The molecule has 0 saturated carbocycles. The van der Waals surface area contributed by atoms with Crippen molar-refractivity contribution in [2.24, 2.45) is 0 Å². The Morgan fingerprint density at radius 1 is 1.17 bits per heavy atom. The molecule has 3 N–H and O–H groups in total. The van der Waals surface area contributed by atoms with Crippen molar-refractivity contribution in [3.63, 3.8) is 0 Å². The molecule has 0 aliphatic carbocycles. The first-order valence-electron chi connectivity index (χ1n) is 7.81. The summed E-state index contributed by atoms with van der Waals surface area (Å²) in [6.07, 6.45) is 0. The maximum absolute atomic E-state index is 13.5. The third-order valence-corrected chi connectivity index (χ3v) is 3.29. The number of likely N-dealkylation sites (N-methyl/N-ethyl adjacent to an activating group) is 1. The first-order valence-corrected chi connectivity index (χ1v) is 7.81. The Labute approximate surface area is 137 Å². The predicted molar refractivity (Wildman–Crippen MR) is 88.9 cm³/mol. The molecular formula is C17H27FN3O2+. The van der Waals surface area contributed by atoms with Crippen molar-refractivity contribution >= 4 is 17.5 Å². The van der Waals surface area contributed by atoms with Gasteiger partial charge in [-0.2, -0.15) is 0 Å². The van der Waals surface area contributed by atoms with Crippen LogP contribution in [0.15, 0.2) is 18.2 Å². The number of amides is 2. The monoisotopic (exact) mass is 324 g/mol. The summed E-state index contributed by atoms with van der Waals surface area (Å²) in [5.41, 5.74) is 0.660. The van der Waals surface area contributed by atoms with Gasteiger partial charge >= 0.3 is 0 Å². The molecule has 0 saturated heterocycles. The molecule has 1 aromatic rings. The van der Waals surface area contributed by atoms with Crippen molar-refractivity contribution in [1.29, 1.82) is 0 Å². The normalized spacial score (nSPS) is 12.6. The highest BCUT2D eigenvalue weighted by Gasteiger charge is 2.20. The summed E-state index contributed by atoms with van der Waals surface area (Å²) in [5.74, 6) is -0.691. The zero-order valence-corrected chi connectivity index (χ0v) is 14.5. The number of hydrogen-bond acceptors (Lipinski definition) is 2. The van der Waals surface area contributed by atoms with Gasteiger partial charge in [0.25, 0.3) is 11.8 Å². The lowest BCUT2D eigenvalue weighted by molar-refractivity contribution is -0.881.